The summed E-state index contributed by atoms with van der Waals surface area (Å²) in [4.78, 5) is 12.3. The predicted octanol–water partition coefficient (Wildman–Crippen LogP) is 3.38. The number of nitrogens with zero attached hydrogens (tertiary/aromatic N) is 2. The lowest BCUT2D eigenvalue weighted by Crippen LogP contribution is -2.24. The van der Waals surface area contributed by atoms with Crippen molar-refractivity contribution < 1.29 is 17.6 Å². The van der Waals surface area contributed by atoms with Gasteiger partial charge in [0.1, 0.15) is 10.8 Å². The van der Waals surface area contributed by atoms with Crippen molar-refractivity contribution in [3.63, 3.8) is 0 Å². The smallest absolute Gasteiger partial charge is 0.260 e. The Labute approximate surface area is 172 Å². The molecule has 0 spiro atoms. The summed E-state index contributed by atoms with van der Waals surface area (Å²) in [6.07, 6.45) is 0. The number of hydrogen-bond donors (Lipinski definition) is 2. The van der Waals surface area contributed by atoms with Crippen LogP contribution >= 0.6 is 11.3 Å². The molecule has 0 radical (unpaired) electrons. The standard InChI is InChI=1S/C19H19FN4O3S2/c1-3-21-29(26,27)14-9-10-16(20)15(11-14)17(25)22-19-24-23-18(28-19)12(2)13-7-5-4-6-8-13/h4-12,21H,3H2,1-2H3,(H,22,24,25). The fourth-order valence-electron chi connectivity index (χ4n) is 2.63. The highest BCUT2D eigenvalue weighted by molar-refractivity contribution is 7.89. The summed E-state index contributed by atoms with van der Waals surface area (Å²) in [7, 11) is -3.82. The third-order valence-corrected chi connectivity index (χ3v) is 6.72. The molecule has 1 atom stereocenters. The van der Waals surface area contributed by atoms with E-state index in [1.807, 2.05) is 37.3 Å². The van der Waals surface area contributed by atoms with Crippen molar-refractivity contribution in [1.82, 2.24) is 14.9 Å². The number of rotatable bonds is 7. The first-order valence-electron chi connectivity index (χ1n) is 8.80. The van der Waals surface area contributed by atoms with Gasteiger partial charge in [0.15, 0.2) is 0 Å². The van der Waals surface area contributed by atoms with Crippen molar-refractivity contribution in [2.45, 2.75) is 24.7 Å². The Morgan fingerprint density at radius 2 is 1.90 bits per heavy atom. The van der Waals surface area contributed by atoms with Gasteiger partial charge in [-0.05, 0) is 23.8 Å². The second-order valence-electron chi connectivity index (χ2n) is 6.17. The number of sulfonamides is 1. The second-order valence-corrected chi connectivity index (χ2v) is 8.95. The van der Waals surface area contributed by atoms with E-state index in [2.05, 4.69) is 20.2 Å². The summed E-state index contributed by atoms with van der Waals surface area (Å²) < 4.78 is 40.7. The molecule has 0 aliphatic rings. The molecule has 0 bridgehead atoms. The number of carbonyl (C=O) groups is 1. The van der Waals surface area contributed by atoms with Crippen molar-refractivity contribution in [3.05, 3.63) is 70.5 Å². The minimum atomic E-state index is -3.82. The van der Waals surface area contributed by atoms with Crippen LogP contribution in [0.4, 0.5) is 9.52 Å². The van der Waals surface area contributed by atoms with Crippen LogP contribution in [0.25, 0.3) is 0 Å². The third-order valence-electron chi connectivity index (χ3n) is 4.16. The van der Waals surface area contributed by atoms with Gasteiger partial charge in [-0.25, -0.2) is 17.5 Å². The molecule has 3 rings (SSSR count). The zero-order valence-corrected chi connectivity index (χ0v) is 17.3. The van der Waals surface area contributed by atoms with E-state index in [1.165, 1.54) is 11.3 Å². The second kappa shape index (κ2) is 8.76. The molecule has 0 saturated carbocycles. The van der Waals surface area contributed by atoms with E-state index in [0.29, 0.717) is 5.01 Å². The van der Waals surface area contributed by atoms with E-state index < -0.39 is 27.3 Å². The average molecular weight is 435 g/mol. The Kier molecular flexibility index (Phi) is 6.36. The van der Waals surface area contributed by atoms with E-state index in [-0.39, 0.29) is 22.5 Å². The van der Waals surface area contributed by atoms with Gasteiger partial charge in [-0.3, -0.25) is 10.1 Å². The molecule has 0 fully saturated rings. The van der Waals surface area contributed by atoms with Gasteiger partial charge in [-0.2, -0.15) is 0 Å². The van der Waals surface area contributed by atoms with Crippen LogP contribution in [-0.4, -0.2) is 31.1 Å². The lowest BCUT2D eigenvalue weighted by atomic mass is 10.0. The van der Waals surface area contributed by atoms with Crippen LogP contribution in [0.1, 0.15) is 40.7 Å². The fraction of sp³-hybridized carbons (Fsp3) is 0.211. The maximum absolute atomic E-state index is 14.1. The molecule has 1 unspecified atom stereocenters. The number of benzene rings is 2. The Bertz CT molecular complexity index is 1120. The SMILES string of the molecule is CCNS(=O)(=O)c1ccc(F)c(C(=O)Nc2nnc(C(C)c3ccccc3)s2)c1. The zero-order chi connectivity index (χ0) is 21.0. The molecule has 152 valence electrons. The number of amides is 1. The molecule has 10 heteroatoms. The monoisotopic (exact) mass is 434 g/mol. The topological polar surface area (TPSA) is 101 Å². The van der Waals surface area contributed by atoms with Crippen molar-refractivity contribution >= 4 is 32.4 Å². The normalized spacial score (nSPS) is 12.5. The van der Waals surface area contributed by atoms with Gasteiger partial charge >= 0.3 is 0 Å². The van der Waals surface area contributed by atoms with Crippen LogP contribution in [0.5, 0.6) is 0 Å². The van der Waals surface area contributed by atoms with Crippen LogP contribution in [0.15, 0.2) is 53.4 Å². The number of carbonyl (C=O) groups excluding carboxylic acids is 1. The molecule has 3 aromatic rings. The number of halogens is 1. The van der Waals surface area contributed by atoms with E-state index in [4.69, 9.17) is 0 Å². The molecule has 29 heavy (non-hydrogen) atoms. The predicted molar refractivity (Wildman–Crippen MR) is 109 cm³/mol. The first-order valence-corrected chi connectivity index (χ1v) is 11.1. The Morgan fingerprint density at radius 1 is 1.17 bits per heavy atom. The average Bonchev–Trinajstić information content (AvgIpc) is 3.16. The molecule has 0 aliphatic heterocycles. The van der Waals surface area contributed by atoms with Crippen molar-refractivity contribution in [3.8, 4) is 0 Å². The highest BCUT2D eigenvalue weighted by atomic mass is 32.2. The lowest BCUT2D eigenvalue weighted by Gasteiger charge is -2.08. The van der Waals surface area contributed by atoms with Crippen LogP contribution in [0.3, 0.4) is 0 Å². The number of anilines is 1. The first-order chi connectivity index (χ1) is 13.8. The summed E-state index contributed by atoms with van der Waals surface area (Å²) >= 11 is 1.18. The van der Waals surface area contributed by atoms with Crippen LogP contribution in [-0.2, 0) is 10.0 Å². The maximum Gasteiger partial charge on any atom is 0.260 e. The summed E-state index contributed by atoms with van der Waals surface area (Å²) in [5.41, 5.74) is 0.658. The van der Waals surface area contributed by atoms with E-state index in [9.17, 15) is 17.6 Å². The minimum Gasteiger partial charge on any atom is -0.296 e. The van der Waals surface area contributed by atoms with Crippen LogP contribution in [0.2, 0.25) is 0 Å². The van der Waals surface area contributed by atoms with Crippen LogP contribution < -0.4 is 10.0 Å². The molecule has 0 saturated heterocycles. The van der Waals surface area contributed by atoms with Gasteiger partial charge in [0.05, 0.1) is 10.5 Å². The summed E-state index contributed by atoms with van der Waals surface area (Å²) in [6, 6.07) is 12.8. The zero-order valence-electron chi connectivity index (χ0n) is 15.7. The Hall–Kier alpha value is -2.69. The molecule has 1 amide bonds. The quantitative estimate of drug-likeness (QED) is 0.594. The largest absolute Gasteiger partial charge is 0.296 e. The molecular weight excluding hydrogens is 415 g/mol. The van der Waals surface area contributed by atoms with Crippen molar-refractivity contribution in [2.75, 3.05) is 11.9 Å². The molecule has 2 aromatic carbocycles. The van der Waals surface area contributed by atoms with Crippen LogP contribution in [0, 0.1) is 5.82 Å². The first kappa shape index (κ1) is 21.0. The molecular formula is C19H19FN4O3S2. The van der Waals surface area contributed by atoms with E-state index >= 15 is 0 Å². The molecule has 2 N–H and O–H groups in total. The highest BCUT2D eigenvalue weighted by Crippen LogP contribution is 2.29. The molecule has 7 nitrogen and oxygen atoms in total. The highest BCUT2D eigenvalue weighted by Gasteiger charge is 2.21. The molecule has 1 aromatic heterocycles. The van der Waals surface area contributed by atoms with Gasteiger partial charge < -0.3 is 0 Å². The third kappa shape index (κ3) is 4.84. The summed E-state index contributed by atoms with van der Waals surface area (Å²) in [5, 5.41) is 11.4. The minimum absolute atomic E-state index is 0.0234. The van der Waals surface area contributed by atoms with Gasteiger partial charge in [-0.15, -0.1) is 10.2 Å². The molecule has 0 aliphatic carbocycles. The summed E-state index contributed by atoms with van der Waals surface area (Å²) in [5.74, 6) is -1.66. The van der Waals surface area contributed by atoms with Gasteiger partial charge in [-0.1, -0.05) is 55.5 Å². The maximum atomic E-state index is 14.1. The molecule has 1 heterocycles. The fourth-order valence-corrected chi connectivity index (χ4v) is 4.51. The number of nitrogens with one attached hydrogen (secondary N) is 2. The van der Waals surface area contributed by atoms with E-state index in [0.717, 1.165) is 23.8 Å². The summed E-state index contributed by atoms with van der Waals surface area (Å²) in [6.45, 7) is 3.77. The van der Waals surface area contributed by atoms with E-state index in [1.54, 1.807) is 6.92 Å². The van der Waals surface area contributed by atoms with Crippen molar-refractivity contribution in [2.24, 2.45) is 0 Å². The van der Waals surface area contributed by atoms with Gasteiger partial charge in [0.25, 0.3) is 5.91 Å². The van der Waals surface area contributed by atoms with Crippen molar-refractivity contribution in [1.29, 1.82) is 0 Å². The Balaban J connectivity index is 1.80. The lowest BCUT2D eigenvalue weighted by molar-refractivity contribution is 0.102. The number of hydrogen-bond acceptors (Lipinski definition) is 6. The van der Waals surface area contributed by atoms with Gasteiger partial charge in [0.2, 0.25) is 15.2 Å². The Morgan fingerprint density at radius 3 is 2.59 bits per heavy atom. The van der Waals surface area contributed by atoms with Gasteiger partial charge in [0, 0.05) is 12.5 Å². The number of aromatic nitrogens is 2.